The van der Waals surface area contributed by atoms with Gasteiger partial charge in [0.15, 0.2) is 5.84 Å². The zero-order valence-electron chi connectivity index (χ0n) is 8.77. The Balaban J connectivity index is 2.40. The quantitative estimate of drug-likeness (QED) is 0.263. The van der Waals surface area contributed by atoms with E-state index in [2.05, 4.69) is 10.5 Å². The van der Waals surface area contributed by atoms with Crippen molar-refractivity contribution in [2.24, 2.45) is 10.9 Å². The maximum Gasteiger partial charge on any atom is 0.249 e. The molecule has 0 aromatic rings. The molecule has 2 atom stereocenters. The predicted octanol–water partition coefficient (Wildman–Crippen LogP) is -0.193. The molecule has 0 aromatic carbocycles. The Morgan fingerprint density at radius 1 is 1.67 bits per heavy atom. The maximum absolute atomic E-state index is 11.6. The molecule has 1 aliphatic rings. The van der Waals surface area contributed by atoms with Crippen LogP contribution in [0.25, 0.3) is 0 Å². The van der Waals surface area contributed by atoms with Gasteiger partial charge in [0, 0.05) is 6.61 Å². The number of carbonyl (C=O) groups excluding carboxylic acids is 1. The molecule has 1 aliphatic heterocycles. The minimum Gasteiger partial charge on any atom is -0.409 e. The highest BCUT2D eigenvalue weighted by Gasteiger charge is 2.23. The molecule has 0 bridgehead atoms. The number of rotatable bonds is 3. The molecular weight excluding hydrogens is 198 g/mol. The summed E-state index contributed by atoms with van der Waals surface area (Å²) in [5, 5.41) is 13.9. The van der Waals surface area contributed by atoms with Crippen LogP contribution in [0.4, 0.5) is 0 Å². The van der Waals surface area contributed by atoms with Crippen LogP contribution in [0.2, 0.25) is 0 Å². The van der Waals surface area contributed by atoms with Crippen LogP contribution in [0.15, 0.2) is 5.16 Å². The molecule has 0 aromatic heterocycles. The minimum absolute atomic E-state index is 0.0147. The Bertz CT molecular complexity index is 249. The van der Waals surface area contributed by atoms with Gasteiger partial charge < -0.3 is 21.0 Å². The van der Waals surface area contributed by atoms with Crippen LogP contribution in [-0.4, -0.2) is 35.7 Å². The van der Waals surface area contributed by atoms with Gasteiger partial charge in [0.25, 0.3) is 0 Å². The summed E-state index contributed by atoms with van der Waals surface area (Å²) in [5.74, 6) is -0.215. The smallest absolute Gasteiger partial charge is 0.249 e. The fourth-order valence-corrected chi connectivity index (χ4v) is 1.41. The second-order valence-electron chi connectivity index (χ2n) is 3.61. The molecule has 0 radical (unpaired) electrons. The van der Waals surface area contributed by atoms with Crippen LogP contribution in [0.3, 0.4) is 0 Å². The molecule has 4 N–H and O–H groups in total. The van der Waals surface area contributed by atoms with E-state index in [1.807, 2.05) is 0 Å². The predicted molar refractivity (Wildman–Crippen MR) is 54.6 cm³/mol. The van der Waals surface area contributed by atoms with E-state index < -0.39 is 12.1 Å². The van der Waals surface area contributed by atoms with Crippen molar-refractivity contribution in [3.8, 4) is 0 Å². The molecule has 1 rings (SSSR count). The van der Waals surface area contributed by atoms with E-state index >= 15 is 0 Å². The minimum atomic E-state index is -0.479. The lowest BCUT2D eigenvalue weighted by Gasteiger charge is -2.23. The van der Waals surface area contributed by atoms with Crippen molar-refractivity contribution in [1.82, 2.24) is 5.32 Å². The fourth-order valence-electron chi connectivity index (χ4n) is 1.41. The summed E-state index contributed by atoms with van der Waals surface area (Å²) in [6.45, 7) is 2.27. The van der Waals surface area contributed by atoms with Crippen LogP contribution in [0.1, 0.15) is 26.2 Å². The third-order valence-electron chi connectivity index (χ3n) is 2.39. The normalized spacial score (nSPS) is 24.6. The molecule has 2 unspecified atom stereocenters. The van der Waals surface area contributed by atoms with E-state index in [0.717, 1.165) is 19.3 Å². The zero-order valence-corrected chi connectivity index (χ0v) is 8.77. The van der Waals surface area contributed by atoms with Gasteiger partial charge in [-0.1, -0.05) is 5.16 Å². The van der Waals surface area contributed by atoms with Crippen molar-refractivity contribution in [3.05, 3.63) is 0 Å². The molecule has 1 fully saturated rings. The number of nitrogens with zero attached hydrogens (tertiary/aromatic N) is 1. The molecule has 0 spiro atoms. The van der Waals surface area contributed by atoms with Gasteiger partial charge in [-0.2, -0.15) is 0 Å². The summed E-state index contributed by atoms with van der Waals surface area (Å²) >= 11 is 0. The summed E-state index contributed by atoms with van der Waals surface area (Å²) in [6.07, 6.45) is 2.33. The molecule has 0 saturated carbocycles. The highest BCUT2D eigenvalue weighted by atomic mass is 16.5. The maximum atomic E-state index is 11.6. The summed E-state index contributed by atoms with van der Waals surface area (Å²) in [5.41, 5.74) is 5.34. The van der Waals surface area contributed by atoms with Crippen LogP contribution in [-0.2, 0) is 9.53 Å². The Kier molecular flexibility index (Phi) is 4.36. The number of amidine groups is 1. The monoisotopic (exact) mass is 215 g/mol. The van der Waals surface area contributed by atoms with Crippen LogP contribution in [0.5, 0.6) is 0 Å². The van der Waals surface area contributed by atoms with Gasteiger partial charge in [-0.3, -0.25) is 4.79 Å². The molecule has 6 nitrogen and oxygen atoms in total. The third kappa shape index (κ3) is 3.39. The number of hydrogen-bond donors (Lipinski definition) is 3. The Morgan fingerprint density at radius 3 is 2.93 bits per heavy atom. The van der Waals surface area contributed by atoms with Crippen molar-refractivity contribution in [2.45, 2.75) is 38.3 Å². The lowest BCUT2D eigenvalue weighted by atomic mass is 10.1. The van der Waals surface area contributed by atoms with Crippen LogP contribution >= 0.6 is 0 Å². The number of ether oxygens (including phenoxy) is 1. The largest absolute Gasteiger partial charge is 0.409 e. The lowest BCUT2D eigenvalue weighted by Crippen LogP contribution is -2.47. The van der Waals surface area contributed by atoms with Crippen molar-refractivity contribution >= 4 is 11.7 Å². The third-order valence-corrected chi connectivity index (χ3v) is 2.39. The second kappa shape index (κ2) is 5.55. The van der Waals surface area contributed by atoms with E-state index in [0.29, 0.717) is 6.61 Å². The first-order valence-corrected chi connectivity index (χ1v) is 5.04. The van der Waals surface area contributed by atoms with Crippen molar-refractivity contribution < 1.29 is 14.7 Å². The Morgan fingerprint density at radius 2 is 2.40 bits per heavy atom. The summed E-state index contributed by atoms with van der Waals surface area (Å²) < 4.78 is 5.30. The van der Waals surface area contributed by atoms with E-state index in [9.17, 15) is 4.79 Å². The van der Waals surface area contributed by atoms with Crippen molar-refractivity contribution in [1.29, 1.82) is 0 Å². The standard InChI is InChI=1S/C9H17N3O3/c1-6(8(10)12-14)11-9(13)7-4-2-3-5-15-7/h6-7,14H,2-5H2,1H3,(H2,10,12)(H,11,13). The lowest BCUT2D eigenvalue weighted by molar-refractivity contribution is -0.135. The molecule has 1 amide bonds. The van der Waals surface area contributed by atoms with Crippen molar-refractivity contribution in [3.63, 3.8) is 0 Å². The van der Waals surface area contributed by atoms with E-state index in [4.69, 9.17) is 15.7 Å². The second-order valence-corrected chi connectivity index (χ2v) is 3.61. The van der Waals surface area contributed by atoms with Gasteiger partial charge in [0.05, 0.1) is 6.04 Å². The van der Waals surface area contributed by atoms with Gasteiger partial charge in [0.2, 0.25) is 5.91 Å². The SMILES string of the molecule is CC(NC(=O)C1CCCCO1)C(N)=NO. The van der Waals surface area contributed by atoms with Gasteiger partial charge >= 0.3 is 0 Å². The number of amides is 1. The van der Waals surface area contributed by atoms with Gasteiger partial charge in [-0.25, -0.2) is 0 Å². The average molecular weight is 215 g/mol. The molecule has 1 saturated heterocycles. The molecule has 86 valence electrons. The molecule has 6 heteroatoms. The topological polar surface area (TPSA) is 96.9 Å². The summed E-state index contributed by atoms with van der Waals surface area (Å²) in [6, 6.07) is -0.479. The fraction of sp³-hybridized carbons (Fsp3) is 0.778. The van der Waals surface area contributed by atoms with Gasteiger partial charge in [-0.05, 0) is 26.2 Å². The number of nitrogens with one attached hydrogen (secondary N) is 1. The highest BCUT2D eigenvalue weighted by molar-refractivity contribution is 5.90. The first-order chi connectivity index (χ1) is 7.15. The van der Waals surface area contributed by atoms with E-state index in [1.54, 1.807) is 6.92 Å². The van der Waals surface area contributed by atoms with E-state index in [-0.39, 0.29) is 11.7 Å². The number of nitrogens with two attached hydrogens (primary N) is 1. The average Bonchev–Trinajstić information content (AvgIpc) is 2.29. The van der Waals surface area contributed by atoms with Crippen LogP contribution in [0, 0.1) is 0 Å². The molecule has 15 heavy (non-hydrogen) atoms. The summed E-state index contributed by atoms with van der Waals surface area (Å²) in [4.78, 5) is 11.6. The van der Waals surface area contributed by atoms with Crippen LogP contribution < -0.4 is 11.1 Å². The first-order valence-electron chi connectivity index (χ1n) is 5.04. The van der Waals surface area contributed by atoms with Crippen molar-refractivity contribution in [2.75, 3.05) is 6.61 Å². The number of oxime groups is 1. The van der Waals surface area contributed by atoms with Gasteiger partial charge in [0.1, 0.15) is 6.10 Å². The Labute approximate surface area is 88.5 Å². The summed E-state index contributed by atoms with van der Waals surface area (Å²) in [7, 11) is 0. The van der Waals surface area contributed by atoms with E-state index in [1.165, 1.54) is 0 Å². The Hall–Kier alpha value is -1.30. The number of hydrogen-bond acceptors (Lipinski definition) is 4. The highest BCUT2D eigenvalue weighted by Crippen LogP contribution is 2.12. The zero-order chi connectivity index (χ0) is 11.3. The molecular formula is C9H17N3O3. The number of carbonyl (C=O) groups is 1. The first kappa shape index (κ1) is 11.8. The molecule has 0 aliphatic carbocycles. The van der Waals surface area contributed by atoms with Gasteiger partial charge in [-0.15, -0.1) is 0 Å². The molecule has 1 heterocycles.